The third-order valence-electron chi connectivity index (χ3n) is 2.17. The molecule has 0 aliphatic carbocycles. The van der Waals surface area contributed by atoms with Crippen molar-refractivity contribution in [2.45, 2.75) is 6.54 Å². The minimum atomic E-state index is 0.272. The summed E-state index contributed by atoms with van der Waals surface area (Å²) < 4.78 is 2.84. The summed E-state index contributed by atoms with van der Waals surface area (Å²) in [6, 6.07) is 7.90. The van der Waals surface area contributed by atoms with Crippen LogP contribution in [-0.2, 0) is 6.54 Å². The average molecular weight is 311 g/mol. The van der Waals surface area contributed by atoms with Gasteiger partial charge in [-0.3, -0.25) is 4.68 Å². The second kappa shape index (κ2) is 5.29. The molecule has 0 spiro atoms. The molecule has 0 saturated carbocycles. The van der Waals surface area contributed by atoms with Crippen LogP contribution in [0.2, 0.25) is 0 Å². The number of rotatable bonds is 3. The van der Waals surface area contributed by atoms with Gasteiger partial charge in [0, 0.05) is 11.9 Å². The quantitative estimate of drug-likeness (QED) is 0.855. The SMILES string of the molecule is NC(=S)Nc1ccc(Cn2cc(Br)cn2)cc1. The molecular weight excluding hydrogens is 300 g/mol. The molecule has 0 saturated heterocycles. The maximum Gasteiger partial charge on any atom is 0.168 e. The summed E-state index contributed by atoms with van der Waals surface area (Å²) in [5.41, 5.74) is 7.44. The molecular formula is C11H11BrN4S. The Morgan fingerprint density at radius 2 is 2.12 bits per heavy atom. The van der Waals surface area contributed by atoms with Crippen LogP contribution in [0, 0.1) is 0 Å². The van der Waals surface area contributed by atoms with Crippen molar-refractivity contribution in [1.82, 2.24) is 9.78 Å². The van der Waals surface area contributed by atoms with Crippen LogP contribution in [0.25, 0.3) is 0 Å². The molecule has 0 atom stereocenters. The van der Waals surface area contributed by atoms with E-state index in [1.807, 2.05) is 35.1 Å². The van der Waals surface area contributed by atoms with Crippen molar-refractivity contribution in [2.24, 2.45) is 5.73 Å². The van der Waals surface area contributed by atoms with Gasteiger partial charge in [-0.15, -0.1) is 0 Å². The summed E-state index contributed by atoms with van der Waals surface area (Å²) in [4.78, 5) is 0. The van der Waals surface area contributed by atoms with E-state index in [9.17, 15) is 0 Å². The zero-order valence-corrected chi connectivity index (χ0v) is 11.3. The molecule has 0 amide bonds. The number of aromatic nitrogens is 2. The van der Waals surface area contributed by atoms with Gasteiger partial charge in [0.05, 0.1) is 17.2 Å². The lowest BCUT2D eigenvalue weighted by Crippen LogP contribution is -2.18. The van der Waals surface area contributed by atoms with Crippen molar-refractivity contribution in [1.29, 1.82) is 0 Å². The third kappa shape index (κ3) is 3.54. The van der Waals surface area contributed by atoms with Crippen LogP contribution >= 0.6 is 28.1 Å². The molecule has 0 unspecified atom stereocenters. The number of hydrogen-bond donors (Lipinski definition) is 2. The maximum absolute atomic E-state index is 5.39. The number of nitrogens with two attached hydrogens (primary N) is 1. The summed E-state index contributed by atoms with van der Waals surface area (Å²) in [5, 5.41) is 7.35. The highest BCUT2D eigenvalue weighted by Gasteiger charge is 1.98. The maximum atomic E-state index is 5.39. The average Bonchev–Trinajstić information content (AvgIpc) is 2.66. The van der Waals surface area contributed by atoms with E-state index in [0.717, 1.165) is 22.3 Å². The van der Waals surface area contributed by atoms with E-state index in [1.165, 1.54) is 0 Å². The first kappa shape index (κ1) is 12.1. The summed E-state index contributed by atoms with van der Waals surface area (Å²) in [5.74, 6) is 0. The fraction of sp³-hybridized carbons (Fsp3) is 0.0909. The number of hydrogen-bond acceptors (Lipinski definition) is 2. The molecule has 1 aromatic heterocycles. The number of halogens is 1. The number of nitrogens with zero attached hydrogens (tertiary/aromatic N) is 2. The van der Waals surface area contributed by atoms with Crippen LogP contribution in [0.4, 0.5) is 5.69 Å². The highest BCUT2D eigenvalue weighted by Crippen LogP contribution is 2.12. The summed E-state index contributed by atoms with van der Waals surface area (Å²) in [6.07, 6.45) is 3.70. The second-order valence-electron chi connectivity index (χ2n) is 3.54. The van der Waals surface area contributed by atoms with Gasteiger partial charge in [-0.1, -0.05) is 12.1 Å². The zero-order valence-electron chi connectivity index (χ0n) is 8.93. The first-order valence-electron chi connectivity index (χ1n) is 4.97. The molecule has 2 rings (SSSR count). The van der Waals surface area contributed by atoms with Crippen molar-refractivity contribution < 1.29 is 0 Å². The normalized spacial score (nSPS) is 10.2. The molecule has 17 heavy (non-hydrogen) atoms. The lowest BCUT2D eigenvalue weighted by atomic mass is 10.2. The lowest BCUT2D eigenvalue weighted by molar-refractivity contribution is 0.687. The smallest absolute Gasteiger partial charge is 0.168 e. The molecule has 0 radical (unpaired) electrons. The van der Waals surface area contributed by atoms with Crippen LogP contribution in [0.1, 0.15) is 5.56 Å². The molecule has 1 aromatic carbocycles. The van der Waals surface area contributed by atoms with E-state index >= 15 is 0 Å². The van der Waals surface area contributed by atoms with Crippen LogP contribution in [0.15, 0.2) is 41.1 Å². The molecule has 4 nitrogen and oxygen atoms in total. The Bertz CT molecular complexity index is 521. The van der Waals surface area contributed by atoms with Crippen molar-refractivity contribution in [3.8, 4) is 0 Å². The Morgan fingerprint density at radius 3 is 2.65 bits per heavy atom. The van der Waals surface area contributed by atoms with Gasteiger partial charge >= 0.3 is 0 Å². The number of nitrogens with one attached hydrogen (secondary N) is 1. The van der Waals surface area contributed by atoms with Gasteiger partial charge < -0.3 is 11.1 Å². The monoisotopic (exact) mass is 310 g/mol. The first-order chi connectivity index (χ1) is 8.13. The Kier molecular flexibility index (Phi) is 3.75. The van der Waals surface area contributed by atoms with Gasteiger partial charge in [-0.25, -0.2) is 0 Å². The van der Waals surface area contributed by atoms with Crippen molar-refractivity contribution >= 4 is 38.9 Å². The Labute approximate surface area is 113 Å². The van der Waals surface area contributed by atoms with Gasteiger partial charge in [0.2, 0.25) is 0 Å². The molecule has 88 valence electrons. The molecule has 0 fully saturated rings. The predicted molar refractivity (Wildman–Crippen MR) is 75.9 cm³/mol. The van der Waals surface area contributed by atoms with E-state index in [2.05, 4.69) is 26.3 Å². The van der Waals surface area contributed by atoms with E-state index in [1.54, 1.807) is 6.20 Å². The summed E-state index contributed by atoms with van der Waals surface area (Å²) >= 11 is 8.13. The fourth-order valence-corrected chi connectivity index (χ4v) is 1.89. The van der Waals surface area contributed by atoms with Crippen molar-refractivity contribution in [3.05, 3.63) is 46.7 Å². The molecule has 1 heterocycles. The molecule has 6 heteroatoms. The van der Waals surface area contributed by atoms with Gasteiger partial charge in [0.15, 0.2) is 5.11 Å². The fourth-order valence-electron chi connectivity index (χ4n) is 1.45. The molecule has 0 aliphatic rings. The van der Waals surface area contributed by atoms with E-state index in [4.69, 9.17) is 18.0 Å². The molecule has 2 aromatic rings. The number of benzene rings is 1. The highest BCUT2D eigenvalue weighted by molar-refractivity contribution is 9.10. The van der Waals surface area contributed by atoms with E-state index < -0.39 is 0 Å². The number of thiocarbonyl (C=S) groups is 1. The van der Waals surface area contributed by atoms with Crippen LogP contribution in [0.5, 0.6) is 0 Å². The van der Waals surface area contributed by atoms with Gasteiger partial charge in [0.25, 0.3) is 0 Å². The first-order valence-corrected chi connectivity index (χ1v) is 6.17. The second-order valence-corrected chi connectivity index (χ2v) is 4.90. The lowest BCUT2D eigenvalue weighted by Gasteiger charge is -2.05. The van der Waals surface area contributed by atoms with Crippen LogP contribution in [0.3, 0.4) is 0 Å². The minimum Gasteiger partial charge on any atom is -0.376 e. The van der Waals surface area contributed by atoms with E-state index in [0.29, 0.717) is 0 Å². The topological polar surface area (TPSA) is 55.9 Å². The molecule has 0 bridgehead atoms. The predicted octanol–water partition coefficient (Wildman–Crippen LogP) is 2.35. The van der Waals surface area contributed by atoms with Crippen LogP contribution < -0.4 is 11.1 Å². The molecule has 0 aliphatic heterocycles. The van der Waals surface area contributed by atoms with Crippen molar-refractivity contribution in [3.63, 3.8) is 0 Å². The van der Waals surface area contributed by atoms with E-state index in [-0.39, 0.29) is 5.11 Å². The van der Waals surface area contributed by atoms with Crippen molar-refractivity contribution in [2.75, 3.05) is 5.32 Å². The highest BCUT2D eigenvalue weighted by atomic mass is 79.9. The molecule has 3 N–H and O–H groups in total. The summed E-state index contributed by atoms with van der Waals surface area (Å²) in [6.45, 7) is 0.735. The largest absolute Gasteiger partial charge is 0.376 e. The third-order valence-corrected chi connectivity index (χ3v) is 2.68. The van der Waals surface area contributed by atoms with Gasteiger partial charge in [-0.05, 0) is 45.8 Å². The van der Waals surface area contributed by atoms with Gasteiger partial charge in [0.1, 0.15) is 0 Å². The van der Waals surface area contributed by atoms with Gasteiger partial charge in [-0.2, -0.15) is 5.10 Å². The minimum absolute atomic E-state index is 0.272. The zero-order chi connectivity index (χ0) is 12.3. The number of anilines is 1. The standard InChI is InChI=1S/C11H11BrN4S/c12-9-5-14-16(7-9)6-8-1-3-10(4-2-8)15-11(13)17/h1-5,7H,6H2,(H3,13,15,17). The van der Waals surface area contributed by atoms with Crippen LogP contribution in [-0.4, -0.2) is 14.9 Å². The Morgan fingerprint density at radius 1 is 1.41 bits per heavy atom. The summed E-state index contributed by atoms with van der Waals surface area (Å²) in [7, 11) is 0. The Hall–Kier alpha value is -1.40. The Balaban J connectivity index is 2.05.